The van der Waals surface area contributed by atoms with Crippen LogP contribution in [0.2, 0.25) is 0 Å². The molecule has 0 N–H and O–H groups in total. The zero-order valence-corrected chi connectivity index (χ0v) is 11.3. The first kappa shape index (κ1) is 14.4. The van der Waals surface area contributed by atoms with Crippen LogP contribution >= 0.6 is 11.8 Å². The van der Waals surface area contributed by atoms with E-state index in [1.807, 2.05) is 13.8 Å². The molecule has 0 unspecified atom stereocenters. The second-order valence-electron chi connectivity index (χ2n) is 4.32. The van der Waals surface area contributed by atoms with Crippen LogP contribution in [0, 0.1) is 0 Å². The van der Waals surface area contributed by atoms with E-state index in [2.05, 4.69) is 0 Å². The van der Waals surface area contributed by atoms with Crippen LogP contribution in [0.25, 0.3) is 0 Å². The highest BCUT2D eigenvalue weighted by molar-refractivity contribution is 8.00. The lowest BCUT2D eigenvalue weighted by Gasteiger charge is -2.30. The van der Waals surface area contributed by atoms with E-state index >= 15 is 0 Å². The summed E-state index contributed by atoms with van der Waals surface area (Å²) in [5, 5.41) is 11.0. The summed E-state index contributed by atoms with van der Waals surface area (Å²) in [5.41, 5.74) is 0. The summed E-state index contributed by atoms with van der Waals surface area (Å²) in [5.74, 6) is -0.698. The lowest BCUT2D eigenvalue weighted by Crippen LogP contribution is -2.50. The topological polar surface area (TPSA) is 60.4 Å². The molecule has 0 saturated carbocycles. The van der Waals surface area contributed by atoms with Gasteiger partial charge in [0.25, 0.3) is 0 Å². The van der Waals surface area contributed by atoms with Gasteiger partial charge in [-0.25, -0.2) is 0 Å². The van der Waals surface area contributed by atoms with Gasteiger partial charge in [0.1, 0.15) is 0 Å². The fourth-order valence-corrected chi connectivity index (χ4v) is 3.53. The van der Waals surface area contributed by atoms with Gasteiger partial charge in [-0.15, -0.1) is 11.8 Å². The largest absolute Gasteiger partial charge is 0.548 e. The molecular weight excluding hydrogens is 238 g/mol. The van der Waals surface area contributed by atoms with Crippen LogP contribution in [-0.2, 0) is 9.59 Å². The summed E-state index contributed by atoms with van der Waals surface area (Å²) in [7, 11) is 0. The van der Waals surface area contributed by atoms with Crippen LogP contribution < -0.4 is 5.11 Å². The first-order valence-corrected chi connectivity index (χ1v) is 7.30. The highest BCUT2D eigenvalue weighted by atomic mass is 32.2. The third-order valence-corrected chi connectivity index (χ3v) is 4.29. The van der Waals surface area contributed by atoms with E-state index in [4.69, 9.17) is 0 Å². The Morgan fingerprint density at radius 3 is 2.59 bits per heavy atom. The third-order valence-electron chi connectivity index (χ3n) is 2.93. The molecule has 1 fully saturated rings. The van der Waals surface area contributed by atoms with Crippen molar-refractivity contribution in [2.75, 3.05) is 5.75 Å². The van der Waals surface area contributed by atoms with Gasteiger partial charge in [-0.3, -0.25) is 4.79 Å². The molecule has 0 aromatic carbocycles. The van der Waals surface area contributed by atoms with Gasteiger partial charge in [-0.05, 0) is 12.8 Å². The Hall–Kier alpha value is -0.710. The number of carbonyl (C=O) groups is 2. The number of carbonyl (C=O) groups excluding carboxylic acids is 2. The number of nitrogens with zero attached hydrogens (tertiary/aromatic N) is 1. The Kier molecular flexibility index (Phi) is 5.82. The molecule has 4 nitrogen and oxygen atoms in total. The summed E-state index contributed by atoms with van der Waals surface area (Å²) in [4.78, 5) is 24.6. The molecule has 1 aliphatic heterocycles. The predicted octanol–water partition coefficient (Wildman–Crippen LogP) is 0.997. The van der Waals surface area contributed by atoms with Crippen LogP contribution in [0.5, 0.6) is 0 Å². The Morgan fingerprint density at radius 1 is 1.35 bits per heavy atom. The molecule has 1 saturated heterocycles. The summed E-state index contributed by atoms with van der Waals surface area (Å²) in [6.07, 6.45) is 4.02. The highest BCUT2D eigenvalue weighted by Gasteiger charge is 2.37. The summed E-state index contributed by atoms with van der Waals surface area (Å²) in [6.45, 7) is 4.06. The predicted molar refractivity (Wildman–Crippen MR) is 66.3 cm³/mol. The molecule has 0 aromatic rings. The van der Waals surface area contributed by atoms with Gasteiger partial charge in [-0.1, -0.05) is 26.7 Å². The average molecular weight is 258 g/mol. The van der Waals surface area contributed by atoms with E-state index in [0.29, 0.717) is 12.2 Å². The normalized spacial score (nSPS) is 24.0. The van der Waals surface area contributed by atoms with Gasteiger partial charge in [-0.2, -0.15) is 0 Å². The van der Waals surface area contributed by atoms with Crippen molar-refractivity contribution in [2.24, 2.45) is 0 Å². The van der Waals surface area contributed by atoms with Crippen LogP contribution in [-0.4, -0.2) is 33.9 Å². The summed E-state index contributed by atoms with van der Waals surface area (Å²) >= 11 is 1.56. The second-order valence-corrected chi connectivity index (χ2v) is 5.53. The van der Waals surface area contributed by atoms with E-state index in [-0.39, 0.29) is 11.3 Å². The van der Waals surface area contributed by atoms with Crippen molar-refractivity contribution in [3.63, 3.8) is 0 Å². The molecular formula is C12H20NO3S-. The van der Waals surface area contributed by atoms with Crippen LogP contribution in [0.4, 0.5) is 0 Å². The highest BCUT2D eigenvalue weighted by Crippen LogP contribution is 2.32. The van der Waals surface area contributed by atoms with Crippen LogP contribution in [0.1, 0.15) is 46.0 Å². The fourth-order valence-electron chi connectivity index (χ4n) is 2.01. The molecule has 0 bridgehead atoms. The minimum atomic E-state index is -1.12. The maximum absolute atomic E-state index is 12.0. The molecule has 1 rings (SSSR count). The molecule has 0 spiro atoms. The molecule has 98 valence electrons. The van der Waals surface area contributed by atoms with Crippen LogP contribution in [0.15, 0.2) is 0 Å². The molecule has 0 aliphatic carbocycles. The zero-order chi connectivity index (χ0) is 12.8. The van der Waals surface area contributed by atoms with Gasteiger partial charge in [0, 0.05) is 12.2 Å². The van der Waals surface area contributed by atoms with Crippen molar-refractivity contribution >= 4 is 23.6 Å². The van der Waals surface area contributed by atoms with Crippen molar-refractivity contribution in [3.8, 4) is 0 Å². The Bertz CT molecular complexity index is 283. The number of unbranched alkanes of at least 4 members (excludes halogenated alkanes) is 1. The fraction of sp³-hybridized carbons (Fsp3) is 0.833. The number of aliphatic carboxylic acids is 1. The van der Waals surface area contributed by atoms with Crippen molar-refractivity contribution < 1.29 is 14.7 Å². The number of hydrogen-bond donors (Lipinski definition) is 0. The Labute approximate surface area is 107 Å². The molecule has 0 radical (unpaired) electrons. The summed E-state index contributed by atoms with van der Waals surface area (Å²) in [6, 6.07) is -0.735. The summed E-state index contributed by atoms with van der Waals surface area (Å²) < 4.78 is 0. The third kappa shape index (κ3) is 3.63. The van der Waals surface area contributed by atoms with E-state index < -0.39 is 12.0 Å². The van der Waals surface area contributed by atoms with Crippen molar-refractivity contribution in [1.29, 1.82) is 0 Å². The van der Waals surface area contributed by atoms with Crippen molar-refractivity contribution in [3.05, 3.63) is 0 Å². The van der Waals surface area contributed by atoms with Gasteiger partial charge in [0.2, 0.25) is 5.91 Å². The second kappa shape index (κ2) is 6.89. The van der Waals surface area contributed by atoms with Crippen molar-refractivity contribution in [2.45, 2.75) is 57.4 Å². The van der Waals surface area contributed by atoms with E-state index in [9.17, 15) is 14.7 Å². The Balaban J connectivity index is 2.70. The lowest BCUT2D eigenvalue weighted by molar-refractivity contribution is -0.310. The number of rotatable bonds is 6. The SMILES string of the molecule is CCCCC(=O)N1[C@H](CCC)SC[C@H]1C(=O)[O-]. The monoisotopic (exact) mass is 258 g/mol. The molecule has 17 heavy (non-hydrogen) atoms. The minimum Gasteiger partial charge on any atom is -0.548 e. The number of amides is 1. The van der Waals surface area contributed by atoms with E-state index in [1.165, 1.54) is 0 Å². The molecule has 1 heterocycles. The first-order chi connectivity index (χ1) is 8.11. The van der Waals surface area contributed by atoms with Crippen molar-refractivity contribution in [1.82, 2.24) is 4.90 Å². The standard InChI is InChI=1S/C12H21NO3S/c1-3-5-7-10(14)13-9(12(15)16)8-17-11(13)6-4-2/h9,11H,3-8H2,1-2H3,(H,15,16)/p-1/t9-,11-/m0/s1. The zero-order valence-electron chi connectivity index (χ0n) is 10.5. The lowest BCUT2D eigenvalue weighted by atomic mass is 10.2. The molecule has 5 heteroatoms. The van der Waals surface area contributed by atoms with Gasteiger partial charge in [0.05, 0.1) is 17.4 Å². The Morgan fingerprint density at radius 2 is 2.06 bits per heavy atom. The molecule has 2 atom stereocenters. The maximum atomic E-state index is 12.0. The molecule has 0 aromatic heterocycles. The van der Waals surface area contributed by atoms with Gasteiger partial charge < -0.3 is 14.8 Å². The average Bonchev–Trinajstić information content (AvgIpc) is 2.70. The van der Waals surface area contributed by atoms with Gasteiger partial charge >= 0.3 is 0 Å². The van der Waals surface area contributed by atoms with E-state index in [1.54, 1.807) is 16.7 Å². The first-order valence-electron chi connectivity index (χ1n) is 6.25. The van der Waals surface area contributed by atoms with Gasteiger partial charge in [0.15, 0.2) is 0 Å². The molecule has 1 aliphatic rings. The van der Waals surface area contributed by atoms with Crippen LogP contribution in [0.3, 0.4) is 0 Å². The number of thioether (sulfide) groups is 1. The minimum absolute atomic E-state index is 0.0206. The number of carboxylic acids is 1. The number of hydrogen-bond acceptors (Lipinski definition) is 4. The van der Waals surface area contributed by atoms with E-state index in [0.717, 1.165) is 25.7 Å². The number of carboxylic acid groups (broad SMARTS) is 1. The molecule has 1 amide bonds. The maximum Gasteiger partial charge on any atom is 0.224 e. The smallest absolute Gasteiger partial charge is 0.224 e. The quantitative estimate of drug-likeness (QED) is 0.713.